The van der Waals surface area contributed by atoms with Crippen LogP contribution in [0.3, 0.4) is 0 Å². The van der Waals surface area contributed by atoms with E-state index in [4.69, 9.17) is 9.47 Å². The highest BCUT2D eigenvalue weighted by Gasteiger charge is 2.34. The Balaban J connectivity index is 1.72. The summed E-state index contributed by atoms with van der Waals surface area (Å²) in [6, 6.07) is 11.6. The molecule has 0 spiro atoms. The van der Waals surface area contributed by atoms with Gasteiger partial charge in [0.1, 0.15) is 0 Å². The highest BCUT2D eigenvalue weighted by Crippen LogP contribution is 2.33. The minimum atomic E-state index is -0.737. The van der Waals surface area contributed by atoms with Gasteiger partial charge in [-0.25, -0.2) is 0 Å². The van der Waals surface area contributed by atoms with Gasteiger partial charge in [0.2, 0.25) is 0 Å². The molecule has 6 nitrogen and oxygen atoms in total. The number of anilines is 1. The van der Waals surface area contributed by atoms with Gasteiger partial charge in [-0.1, -0.05) is 36.4 Å². The Hall–Kier alpha value is -2.54. The van der Waals surface area contributed by atoms with Crippen LogP contribution in [-0.2, 0) is 9.47 Å². The van der Waals surface area contributed by atoms with Gasteiger partial charge in [0.15, 0.2) is 17.9 Å². The van der Waals surface area contributed by atoms with Gasteiger partial charge >= 0.3 is 0 Å². The SMILES string of the molecule is COC1CC(Nc2cccc3c2C(=O)c2ccccc2C3=O)C(O)CO1. The molecule has 0 bridgehead atoms. The van der Waals surface area contributed by atoms with Crippen molar-refractivity contribution in [2.24, 2.45) is 0 Å². The number of methoxy groups -OCH3 is 1. The van der Waals surface area contributed by atoms with Gasteiger partial charge in [0, 0.05) is 35.9 Å². The molecule has 0 amide bonds. The fourth-order valence-corrected chi connectivity index (χ4v) is 3.54. The molecule has 0 radical (unpaired) electrons. The largest absolute Gasteiger partial charge is 0.389 e. The Kier molecular flexibility index (Phi) is 4.32. The first kappa shape index (κ1) is 16.9. The second-order valence-corrected chi connectivity index (χ2v) is 6.48. The normalized spacial score (nSPS) is 24.8. The zero-order valence-corrected chi connectivity index (χ0v) is 14.3. The third kappa shape index (κ3) is 2.72. The molecule has 1 saturated heterocycles. The summed E-state index contributed by atoms with van der Waals surface area (Å²) in [4.78, 5) is 25.8. The number of hydrogen-bond donors (Lipinski definition) is 2. The molecule has 0 saturated carbocycles. The van der Waals surface area contributed by atoms with Crippen LogP contribution in [0, 0.1) is 0 Å². The van der Waals surface area contributed by atoms with Crippen molar-refractivity contribution in [3.63, 3.8) is 0 Å². The third-order valence-electron chi connectivity index (χ3n) is 4.92. The molecule has 0 aromatic heterocycles. The van der Waals surface area contributed by atoms with Crippen LogP contribution in [0.15, 0.2) is 42.5 Å². The van der Waals surface area contributed by atoms with E-state index in [-0.39, 0.29) is 24.2 Å². The molecule has 1 aliphatic heterocycles. The van der Waals surface area contributed by atoms with E-state index in [1.54, 1.807) is 49.6 Å². The van der Waals surface area contributed by atoms with Crippen molar-refractivity contribution < 1.29 is 24.2 Å². The van der Waals surface area contributed by atoms with Crippen molar-refractivity contribution in [1.29, 1.82) is 0 Å². The minimum Gasteiger partial charge on any atom is -0.389 e. The van der Waals surface area contributed by atoms with E-state index in [9.17, 15) is 14.7 Å². The summed E-state index contributed by atoms with van der Waals surface area (Å²) < 4.78 is 10.6. The zero-order valence-electron chi connectivity index (χ0n) is 14.3. The van der Waals surface area contributed by atoms with Crippen molar-refractivity contribution in [1.82, 2.24) is 0 Å². The Bertz CT molecular complexity index is 878. The number of fused-ring (bicyclic) bond motifs is 2. The smallest absolute Gasteiger partial charge is 0.196 e. The summed E-state index contributed by atoms with van der Waals surface area (Å²) in [5, 5.41) is 13.5. The van der Waals surface area contributed by atoms with E-state index < -0.39 is 12.4 Å². The average molecular weight is 353 g/mol. The highest BCUT2D eigenvalue weighted by atomic mass is 16.7. The van der Waals surface area contributed by atoms with Crippen molar-refractivity contribution in [3.05, 3.63) is 64.7 Å². The Morgan fingerprint density at radius 3 is 2.46 bits per heavy atom. The van der Waals surface area contributed by atoms with Gasteiger partial charge in [-0.05, 0) is 6.07 Å². The zero-order chi connectivity index (χ0) is 18.3. The van der Waals surface area contributed by atoms with Crippen LogP contribution in [0.25, 0.3) is 0 Å². The number of carbonyl (C=O) groups is 2. The number of ketones is 2. The van der Waals surface area contributed by atoms with E-state index in [1.165, 1.54) is 0 Å². The second-order valence-electron chi connectivity index (χ2n) is 6.48. The molecule has 3 atom stereocenters. The number of carbonyl (C=O) groups excluding carboxylic acids is 2. The quantitative estimate of drug-likeness (QED) is 0.749. The number of aliphatic hydroxyl groups excluding tert-OH is 1. The standard InChI is InChI=1S/C20H19NO5/c1-25-17-9-15(16(22)10-26-17)21-14-8-4-7-13-18(14)20(24)12-6-3-2-5-11(12)19(13)23/h2-8,15-17,21-22H,9-10H2,1H3. The number of rotatable bonds is 3. The lowest BCUT2D eigenvalue weighted by Crippen LogP contribution is -2.46. The predicted octanol–water partition coefficient (Wildman–Crippen LogP) is 2.00. The topological polar surface area (TPSA) is 84.9 Å². The molecule has 134 valence electrons. The number of aliphatic hydroxyl groups is 1. The van der Waals surface area contributed by atoms with E-state index >= 15 is 0 Å². The molecule has 2 aromatic rings. The van der Waals surface area contributed by atoms with Crippen molar-refractivity contribution in [2.45, 2.75) is 24.9 Å². The summed E-state index contributed by atoms with van der Waals surface area (Å²) in [6.45, 7) is 0.140. The molecule has 26 heavy (non-hydrogen) atoms. The summed E-state index contributed by atoms with van der Waals surface area (Å²) in [7, 11) is 1.54. The van der Waals surface area contributed by atoms with Crippen LogP contribution in [0.5, 0.6) is 0 Å². The lowest BCUT2D eigenvalue weighted by Gasteiger charge is -2.34. The number of nitrogens with one attached hydrogen (secondary N) is 1. The summed E-state index contributed by atoms with van der Waals surface area (Å²) in [5.41, 5.74) is 2.10. The van der Waals surface area contributed by atoms with Gasteiger partial charge in [0.05, 0.1) is 24.3 Å². The average Bonchev–Trinajstić information content (AvgIpc) is 2.67. The molecular formula is C20H19NO5. The number of benzene rings is 2. The Morgan fingerprint density at radius 1 is 1.04 bits per heavy atom. The molecule has 1 fully saturated rings. The van der Waals surface area contributed by atoms with E-state index in [0.717, 1.165) is 0 Å². The monoisotopic (exact) mass is 353 g/mol. The first-order chi connectivity index (χ1) is 12.6. The molecule has 2 aliphatic rings. The van der Waals surface area contributed by atoms with E-state index in [2.05, 4.69) is 5.32 Å². The highest BCUT2D eigenvalue weighted by molar-refractivity contribution is 6.30. The third-order valence-corrected chi connectivity index (χ3v) is 4.92. The van der Waals surface area contributed by atoms with Crippen LogP contribution in [0.1, 0.15) is 38.3 Å². The molecular weight excluding hydrogens is 334 g/mol. The van der Waals surface area contributed by atoms with Crippen LogP contribution < -0.4 is 5.32 Å². The van der Waals surface area contributed by atoms with Gasteiger partial charge in [-0.15, -0.1) is 0 Å². The van der Waals surface area contributed by atoms with Crippen molar-refractivity contribution in [2.75, 3.05) is 19.0 Å². The first-order valence-corrected chi connectivity index (χ1v) is 8.50. The lowest BCUT2D eigenvalue weighted by molar-refractivity contribution is -0.176. The minimum absolute atomic E-state index is 0.140. The lowest BCUT2D eigenvalue weighted by atomic mass is 9.83. The molecule has 1 aliphatic carbocycles. The summed E-state index contributed by atoms with van der Waals surface area (Å²) >= 11 is 0. The van der Waals surface area contributed by atoms with Gasteiger partial charge in [-0.3, -0.25) is 9.59 Å². The van der Waals surface area contributed by atoms with Crippen molar-refractivity contribution >= 4 is 17.3 Å². The Labute approximate surface area is 150 Å². The van der Waals surface area contributed by atoms with E-state index in [0.29, 0.717) is 34.4 Å². The van der Waals surface area contributed by atoms with Crippen LogP contribution in [-0.4, -0.2) is 48.8 Å². The fourth-order valence-electron chi connectivity index (χ4n) is 3.54. The number of hydrogen-bond acceptors (Lipinski definition) is 6. The molecule has 1 heterocycles. The van der Waals surface area contributed by atoms with Gasteiger partial charge < -0.3 is 19.9 Å². The van der Waals surface area contributed by atoms with Crippen molar-refractivity contribution in [3.8, 4) is 0 Å². The second kappa shape index (κ2) is 6.64. The van der Waals surface area contributed by atoms with E-state index in [1.807, 2.05) is 0 Å². The summed E-state index contributed by atoms with van der Waals surface area (Å²) in [6.07, 6.45) is -0.729. The molecule has 4 rings (SSSR count). The molecule has 2 N–H and O–H groups in total. The van der Waals surface area contributed by atoms with Gasteiger partial charge in [0.25, 0.3) is 0 Å². The Morgan fingerprint density at radius 2 is 1.73 bits per heavy atom. The predicted molar refractivity (Wildman–Crippen MR) is 94.5 cm³/mol. The molecule has 3 unspecified atom stereocenters. The number of ether oxygens (including phenoxy) is 2. The molecule has 6 heteroatoms. The first-order valence-electron chi connectivity index (χ1n) is 8.50. The van der Waals surface area contributed by atoms with Crippen LogP contribution in [0.2, 0.25) is 0 Å². The fraction of sp³-hybridized carbons (Fsp3) is 0.300. The molecule has 2 aromatic carbocycles. The van der Waals surface area contributed by atoms with Crippen LogP contribution in [0.4, 0.5) is 5.69 Å². The summed E-state index contributed by atoms with van der Waals surface area (Å²) in [5.74, 6) is -0.357. The maximum Gasteiger partial charge on any atom is 0.196 e. The maximum absolute atomic E-state index is 13.0. The van der Waals surface area contributed by atoms with Crippen LogP contribution >= 0.6 is 0 Å². The van der Waals surface area contributed by atoms with Gasteiger partial charge in [-0.2, -0.15) is 0 Å². The maximum atomic E-state index is 13.0.